The van der Waals surface area contributed by atoms with Crippen molar-refractivity contribution in [1.29, 1.82) is 0 Å². The quantitative estimate of drug-likeness (QED) is 0.584. The molecule has 0 aliphatic heterocycles. The molecule has 6 heteroatoms. The van der Waals surface area contributed by atoms with Gasteiger partial charge in [0.1, 0.15) is 5.75 Å². The van der Waals surface area contributed by atoms with Gasteiger partial charge in [0.2, 0.25) is 0 Å². The number of nitrogen functional groups attached to an aromatic ring is 1. The number of methoxy groups -OCH3 is 1. The van der Waals surface area contributed by atoms with Gasteiger partial charge in [-0.15, -0.1) is 0 Å². The molecule has 0 aromatic heterocycles. The van der Waals surface area contributed by atoms with Gasteiger partial charge in [-0.3, -0.25) is 10.6 Å². The Bertz CT molecular complexity index is 674. The van der Waals surface area contributed by atoms with Gasteiger partial charge in [0.05, 0.1) is 12.8 Å². The lowest BCUT2D eigenvalue weighted by Gasteiger charge is -2.12. The number of nitrogens with two attached hydrogens (primary N) is 1. The van der Waals surface area contributed by atoms with E-state index in [-0.39, 0.29) is 5.91 Å². The molecule has 1 amide bonds. The molecule has 110 valence electrons. The Morgan fingerprint density at radius 3 is 2.62 bits per heavy atom. The molecule has 0 heterocycles. The smallest absolute Gasteiger partial charge is 0.256 e. The van der Waals surface area contributed by atoms with Crippen LogP contribution in [0.2, 0.25) is 0 Å². The van der Waals surface area contributed by atoms with E-state index >= 15 is 0 Å². The predicted molar refractivity (Wildman–Crippen MR) is 87.6 cm³/mol. The first-order chi connectivity index (χ1) is 10.0. The second kappa shape index (κ2) is 6.60. The van der Waals surface area contributed by atoms with Crippen molar-refractivity contribution >= 4 is 33.2 Å². The summed E-state index contributed by atoms with van der Waals surface area (Å²) >= 11 is 3.38. The minimum atomic E-state index is -0.201. The average Bonchev–Trinajstić information content (AvgIpc) is 2.47. The SMILES string of the molecule is COc1ccc(Br)cc1NC(=O)c1ccc(NN)cc1C. The Hall–Kier alpha value is -2.05. The molecule has 0 aliphatic rings. The van der Waals surface area contributed by atoms with Gasteiger partial charge in [-0.25, -0.2) is 0 Å². The lowest BCUT2D eigenvalue weighted by atomic mass is 10.1. The molecule has 0 saturated heterocycles. The number of carbonyl (C=O) groups is 1. The van der Waals surface area contributed by atoms with E-state index in [2.05, 4.69) is 26.7 Å². The third-order valence-corrected chi connectivity index (χ3v) is 3.54. The molecule has 0 bridgehead atoms. The summed E-state index contributed by atoms with van der Waals surface area (Å²) in [6.07, 6.45) is 0. The fraction of sp³-hybridized carbons (Fsp3) is 0.133. The molecule has 2 aromatic rings. The molecule has 5 nitrogen and oxygen atoms in total. The molecule has 21 heavy (non-hydrogen) atoms. The van der Waals surface area contributed by atoms with E-state index in [0.717, 1.165) is 15.7 Å². The van der Waals surface area contributed by atoms with Crippen LogP contribution in [0.3, 0.4) is 0 Å². The van der Waals surface area contributed by atoms with Crippen LogP contribution in [-0.2, 0) is 0 Å². The Kier molecular flexibility index (Phi) is 4.82. The first-order valence-electron chi connectivity index (χ1n) is 6.27. The van der Waals surface area contributed by atoms with Gasteiger partial charge in [0.15, 0.2) is 0 Å². The van der Waals surface area contributed by atoms with Crippen molar-refractivity contribution in [3.05, 3.63) is 52.0 Å². The third kappa shape index (κ3) is 3.53. The van der Waals surface area contributed by atoms with Crippen LogP contribution >= 0.6 is 15.9 Å². The predicted octanol–water partition coefficient (Wildman–Crippen LogP) is 3.30. The summed E-state index contributed by atoms with van der Waals surface area (Å²) in [5.74, 6) is 5.75. The lowest BCUT2D eigenvalue weighted by molar-refractivity contribution is 0.102. The molecule has 2 aromatic carbocycles. The number of nitrogens with one attached hydrogen (secondary N) is 2. The van der Waals surface area contributed by atoms with E-state index in [0.29, 0.717) is 17.0 Å². The second-order valence-corrected chi connectivity index (χ2v) is 5.39. The fourth-order valence-electron chi connectivity index (χ4n) is 1.98. The lowest BCUT2D eigenvalue weighted by Crippen LogP contribution is -2.15. The summed E-state index contributed by atoms with van der Waals surface area (Å²) in [6, 6.07) is 10.7. The maximum absolute atomic E-state index is 12.4. The highest BCUT2D eigenvalue weighted by Gasteiger charge is 2.12. The number of carbonyl (C=O) groups excluding carboxylic acids is 1. The number of anilines is 2. The van der Waals surface area contributed by atoms with Crippen LogP contribution in [0, 0.1) is 6.92 Å². The summed E-state index contributed by atoms with van der Waals surface area (Å²) < 4.78 is 6.10. The summed E-state index contributed by atoms with van der Waals surface area (Å²) in [7, 11) is 1.56. The van der Waals surface area contributed by atoms with Crippen LogP contribution in [0.5, 0.6) is 5.75 Å². The van der Waals surface area contributed by atoms with E-state index in [1.165, 1.54) is 0 Å². The fourth-order valence-corrected chi connectivity index (χ4v) is 2.34. The Morgan fingerprint density at radius 2 is 2.00 bits per heavy atom. The van der Waals surface area contributed by atoms with Crippen LogP contribution in [-0.4, -0.2) is 13.0 Å². The third-order valence-electron chi connectivity index (χ3n) is 3.05. The standard InChI is InChI=1S/C15H16BrN3O2/c1-9-7-11(19-17)4-5-12(9)15(20)18-13-8-10(16)3-6-14(13)21-2/h3-8,19H,17H2,1-2H3,(H,18,20). The summed E-state index contributed by atoms with van der Waals surface area (Å²) in [5.41, 5.74) is 5.32. The highest BCUT2D eigenvalue weighted by Crippen LogP contribution is 2.28. The molecular formula is C15H16BrN3O2. The minimum absolute atomic E-state index is 0.201. The molecule has 2 rings (SSSR count). The van der Waals surface area contributed by atoms with Crippen molar-refractivity contribution in [3.63, 3.8) is 0 Å². The molecule has 0 unspecified atom stereocenters. The van der Waals surface area contributed by atoms with Gasteiger partial charge in [0, 0.05) is 15.7 Å². The van der Waals surface area contributed by atoms with Crippen LogP contribution in [0.15, 0.2) is 40.9 Å². The normalized spacial score (nSPS) is 10.1. The highest BCUT2D eigenvalue weighted by atomic mass is 79.9. The first kappa shape index (κ1) is 15.3. The van der Waals surface area contributed by atoms with E-state index in [9.17, 15) is 4.79 Å². The number of benzene rings is 2. The summed E-state index contributed by atoms with van der Waals surface area (Å²) in [6.45, 7) is 1.86. The number of aryl methyl sites for hydroxylation is 1. The van der Waals surface area contributed by atoms with Gasteiger partial charge in [-0.2, -0.15) is 0 Å². The van der Waals surface area contributed by atoms with Crippen LogP contribution in [0.25, 0.3) is 0 Å². The van der Waals surface area contributed by atoms with Crippen LogP contribution < -0.4 is 21.3 Å². The van der Waals surface area contributed by atoms with Crippen molar-refractivity contribution in [3.8, 4) is 5.75 Å². The Labute approximate surface area is 131 Å². The molecule has 0 aliphatic carbocycles. The van der Waals surface area contributed by atoms with Crippen LogP contribution in [0.1, 0.15) is 15.9 Å². The molecule has 0 atom stereocenters. The van der Waals surface area contributed by atoms with E-state index in [1.54, 1.807) is 31.4 Å². The van der Waals surface area contributed by atoms with Crippen LogP contribution in [0.4, 0.5) is 11.4 Å². The van der Waals surface area contributed by atoms with Crippen molar-refractivity contribution in [2.45, 2.75) is 6.92 Å². The summed E-state index contributed by atoms with van der Waals surface area (Å²) in [5, 5.41) is 2.85. The summed E-state index contributed by atoms with van der Waals surface area (Å²) in [4.78, 5) is 12.4. The van der Waals surface area contributed by atoms with Gasteiger partial charge in [-0.05, 0) is 48.9 Å². The van der Waals surface area contributed by atoms with E-state index in [1.807, 2.05) is 19.1 Å². The topological polar surface area (TPSA) is 76.4 Å². The number of rotatable bonds is 4. The van der Waals surface area contributed by atoms with Crippen molar-refractivity contribution < 1.29 is 9.53 Å². The zero-order chi connectivity index (χ0) is 15.4. The molecule has 4 N–H and O–H groups in total. The Balaban J connectivity index is 2.28. The molecule has 0 fully saturated rings. The van der Waals surface area contributed by atoms with E-state index in [4.69, 9.17) is 10.6 Å². The zero-order valence-corrected chi connectivity index (χ0v) is 13.3. The minimum Gasteiger partial charge on any atom is -0.495 e. The zero-order valence-electron chi connectivity index (χ0n) is 11.7. The number of hydrogen-bond donors (Lipinski definition) is 3. The highest BCUT2D eigenvalue weighted by molar-refractivity contribution is 9.10. The number of ether oxygens (including phenoxy) is 1. The van der Waals surface area contributed by atoms with Gasteiger partial charge in [0.25, 0.3) is 5.91 Å². The first-order valence-corrected chi connectivity index (χ1v) is 7.06. The van der Waals surface area contributed by atoms with Crippen molar-refractivity contribution in [1.82, 2.24) is 0 Å². The number of hydrogen-bond acceptors (Lipinski definition) is 4. The molecule has 0 spiro atoms. The second-order valence-electron chi connectivity index (χ2n) is 4.47. The van der Waals surface area contributed by atoms with Gasteiger partial charge < -0.3 is 15.5 Å². The maximum atomic E-state index is 12.4. The molecule has 0 radical (unpaired) electrons. The number of hydrazine groups is 1. The van der Waals surface area contributed by atoms with Gasteiger partial charge in [-0.1, -0.05) is 15.9 Å². The average molecular weight is 350 g/mol. The van der Waals surface area contributed by atoms with Crippen molar-refractivity contribution in [2.75, 3.05) is 17.9 Å². The monoisotopic (exact) mass is 349 g/mol. The van der Waals surface area contributed by atoms with Crippen molar-refractivity contribution in [2.24, 2.45) is 5.84 Å². The largest absolute Gasteiger partial charge is 0.495 e. The van der Waals surface area contributed by atoms with E-state index < -0.39 is 0 Å². The molecule has 0 saturated carbocycles. The molecular weight excluding hydrogens is 334 g/mol. The van der Waals surface area contributed by atoms with Gasteiger partial charge >= 0.3 is 0 Å². The number of amides is 1. The number of halogens is 1. The maximum Gasteiger partial charge on any atom is 0.256 e. The Morgan fingerprint density at radius 1 is 1.24 bits per heavy atom.